The molecule has 0 spiro atoms. The summed E-state index contributed by atoms with van der Waals surface area (Å²) in [7, 11) is 1.53. The van der Waals surface area contributed by atoms with Crippen LogP contribution in [0, 0.1) is 0 Å². The molecule has 1 atom stereocenters. The van der Waals surface area contributed by atoms with Crippen LogP contribution in [0.1, 0.15) is 37.4 Å². The van der Waals surface area contributed by atoms with E-state index in [1.54, 1.807) is 24.3 Å². The van der Waals surface area contributed by atoms with Gasteiger partial charge in [0, 0.05) is 18.7 Å². The van der Waals surface area contributed by atoms with Gasteiger partial charge in [-0.1, -0.05) is 42.5 Å². The van der Waals surface area contributed by atoms with Gasteiger partial charge in [0.15, 0.2) is 0 Å². The van der Waals surface area contributed by atoms with Crippen LogP contribution >= 0.6 is 0 Å². The van der Waals surface area contributed by atoms with Gasteiger partial charge >= 0.3 is 0 Å². The van der Waals surface area contributed by atoms with Crippen molar-refractivity contribution >= 4 is 17.4 Å². The molecule has 1 amide bonds. The second kappa shape index (κ2) is 9.59. The number of likely N-dealkylation sites (tertiary alicyclic amines) is 1. The molecule has 1 saturated heterocycles. The molecule has 0 aliphatic carbocycles. The number of carbonyl (C=O) groups is 2. The van der Waals surface area contributed by atoms with Gasteiger partial charge in [0.2, 0.25) is 0 Å². The van der Waals surface area contributed by atoms with E-state index in [0.29, 0.717) is 30.9 Å². The molecule has 0 aromatic heterocycles. The van der Waals surface area contributed by atoms with Gasteiger partial charge in [-0.3, -0.25) is 9.59 Å². The van der Waals surface area contributed by atoms with Crippen LogP contribution in [-0.2, 0) is 14.3 Å². The molecule has 1 fully saturated rings. The number of benzene rings is 2. The van der Waals surface area contributed by atoms with Gasteiger partial charge in [0.25, 0.3) is 11.7 Å². The SMILES string of the molecule is COc1cccc(/C(O)=C2/C(=O)C(=O)N(CCCOC(C)C)C2c2ccccc2)c1. The third-order valence-corrected chi connectivity index (χ3v) is 4.99. The lowest BCUT2D eigenvalue weighted by atomic mass is 9.95. The van der Waals surface area contributed by atoms with Crippen LogP contribution < -0.4 is 4.74 Å². The number of hydrogen-bond donors (Lipinski definition) is 1. The Balaban J connectivity index is 2.01. The number of nitrogens with zero attached hydrogens (tertiary/aromatic N) is 1. The van der Waals surface area contributed by atoms with Crippen LogP contribution in [-0.4, -0.2) is 48.1 Å². The Morgan fingerprint density at radius 1 is 1.10 bits per heavy atom. The van der Waals surface area contributed by atoms with Crippen molar-refractivity contribution in [2.75, 3.05) is 20.3 Å². The zero-order valence-electron chi connectivity index (χ0n) is 17.5. The molecule has 0 radical (unpaired) electrons. The zero-order chi connectivity index (χ0) is 21.7. The summed E-state index contributed by atoms with van der Waals surface area (Å²) in [6.07, 6.45) is 0.687. The van der Waals surface area contributed by atoms with Crippen molar-refractivity contribution in [3.8, 4) is 5.75 Å². The summed E-state index contributed by atoms with van der Waals surface area (Å²) in [4.78, 5) is 27.3. The van der Waals surface area contributed by atoms with Crippen molar-refractivity contribution < 1.29 is 24.2 Å². The highest BCUT2D eigenvalue weighted by Gasteiger charge is 2.45. The monoisotopic (exact) mass is 409 g/mol. The van der Waals surface area contributed by atoms with Crippen LogP contribution in [0.5, 0.6) is 5.75 Å². The fraction of sp³-hybridized carbons (Fsp3) is 0.333. The van der Waals surface area contributed by atoms with Crippen LogP contribution in [0.25, 0.3) is 5.76 Å². The quantitative estimate of drug-likeness (QED) is 0.309. The molecule has 1 unspecified atom stereocenters. The van der Waals surface area contributed by atoms with E-state index in [2.05, 4.69) is 0 Å². The minimum absolute atomic E-state index is 0.0873. The van der Waals surface area contributed by atoms with Gasteiger partial charge in [-0.15, -0.1) is 0 Å². The maximum atomic E-state index is 12.9. The highest BCUT2D eigenvalue weighted by Crippen LogP contribution is 2.39. The third-order valence-electron chi connectivity index (χ3n) is 4.99. The van der Waals surface area contributed by atoms with Crippen molar-refractivity contribution in [1.82, 2.24) is 4.90 Å². The lowest BCUT2D eigenvalue weighted by molar-refractivity contribution is -0.140. The summed E-state index contributed by atoms with van der Waals surface area (Å²) in [6, 6.07) is 15.4. The number of Topliss-reactive ketones (excluding diaryl/α,β-unsaturated/α-hetero) is 1. The van der Waals surface area contributed by atoms with E-state index >= 15 is 0 Å². The molecule has 6 nitrogen and oxygen atoms in total. The predicted octanol–water partition coefficient (Wildman–Crippen LogP) is 3.93. The maximum Gasteiger partial charge on any atom is 0.295 e. The van der Waals surface area contributed by atoms with E-state index in [9.17, 15) is 14.7 Å². The first-order chi connectivity index (χ1) is 14.4. The van der Waals surface area contributed by atoms with Crippen molar-refractivity contribution in [3.05, 3.63) is 71.3 Å². The molecule has 1 N–H and O–H groups in total. The molecule has 1 aliphatic heterocycles. The first-order valence-corrected chi connectivity index (χ1v) is 10.0. The summed E-state index contributed by atoms with van der Waals surface area (Å²) in [6.45, 7) is 4.73. The number of carbonyl (C=O) groups excluding carboxylic acids is 2. The van der Waals surface area contributed by atoms with Crippen molar-refractivity contribution in [2.24, 2.45) is 0 Å². The predicted molar refractivity (Wildman–Crippen MR) is 114 cm³/mol. The molecular formula is C24H27NO5. The molecule has 1 heterocycles. The molecule has 2 aromatic rings. The fourth-order valence-corrected chi connectivity index (χ4v) is 3.57. The van der Waals surface area contributed by atoms with Gasteiger partial charge in [-0.05, 0) is 38.0 Å². The number of aliphatic hydroxyl groups is 1. The Kier molecular flexibility index (Phi) is 6.90. The van der Waals surface area contributed by atoms with E-state index in [0.717, 1.165) is 5.56 Å². The van der Waals surface area contributed by atoms with Gasteiger partial charge in [0.1, 0.15) is 11.5 Å². The Hall–Kier alpha value is -3.12. The van der Waals surface area contributed by atoms with Crippen LogP contribution in [0.2, 0.25) is 0 Å². The highest BCUT2D eigenvalue weighted by molar-refractivity contribution is 6.46. The van der Waals surface area contributed by atoms with Gasteiger partial charge in [-0.2, -0.15) is 0 Å². The van der Waals surface area contributed by atoms with Gasteiger partial charge in [-0.25, -0.2) is 0 Å². The molecule has 158 valence electrons. The largest absolute Gasteiger partial charge is 0.507 e. The molecule has 1 aliphatic rings. The molecule has 0 saturated carbocycles. The number of rotatable bonds is 8. The number of amides is 1. The zero-order valence-corrected chi connectivity index (χ0v) is 17.5. The van der Waals surface area contributed by atoms with E-state index in [4.69, 9.17) is 9.47 Å². The summed E-state index contributed by atoms with van der Waals surface area (Å²) < 4.78 is 10.8. The lowest BCUT2D eigenvalue weighted by Crippen LogP contribution is -2.31. The topological polar surface area (TPSA) is 76.1 Å². The maximum absolute atomic E-state index is 12.9. The van der Waals surface area contributed by atoms with Crippen LogP contribution in [0.15, 0.2) is 60.2 Å². The molecule has 3 rings (SSSR count). The summed E-state index contributed by atoms with van der Waals surface area (Å²) in [5.74, 6) is -0.954. The average Bonchev–Trinajstić information content (AvgIpc) is 3.01. The molecule has 0 bridgehead atoms. The summed E-state index contributed by atoms with van der Waals surface area (Å²) in [5, 5.41) is 11.0. The van der Waals surface area contributed by atoms with Gasteiger partial charge < -0.3 is 19.5 Å². The minimum atomic E-state index is -0.686. The molecular weight excluding hydrogens is 382 g/mol. The number of methoxy groups -OCH3 is 1. The first kappa shape index (κ1) is 21.6. The van der Waals surface area contributed by atoms with Gasteiger partial charge in [0.05, 0.1) is 24.8 Å². The molecule has 2 aromatic carbocycles. The highest BCUT2D eigenvalue weighted by atomic mass is 16.5. The molecule has 6 heteroatoms. The summed E-state index contributed by atoms with van der Waals surface area (Å²) >= 11 is 0. The number of hydrogen-bond acceptors (Lipinski definition) is 5. The first-order valence-electron chi connectivity index (χ1n) is 10.0. The average molecular weight is 409 g/mol. The van der Waals surface area contributed by atoms with E-state index in [1.165, 1.54) is 12.0 Å². The van der Waals surface area contributed by atoms with E-state index in [-0.39, 0.29) is 17.4 Å². The number of ketones is 1. The fourth-order valence-electron chi connectivity index (χ4n) is 3.57. The van der Waals surface area contributed by atoms with Crippen molar-refractivity contribution in [3.63, 3.8) is 0 Å². The van der Waals surface area contributed by atoms with Crippen molar-refractivity contribution in [2.45, 2.75) is 32.4 Å². The second-order valence-electron chi connectivity index (χ2n) is 7.41. The number of aliphatic hydroxyl groups excluding tert-OH is 1. The minimum Gasteiger partial charge on any atom is -0.507 e. The van der Waals surface area contributed by atoms with Crippen molar-refractivity contribution in [1.29, 1.82) is 0 Å². The van der Waals surface area contributed by atoms with Crippen LogP contribution in [0.3, 0.4) is 0 Å². The van der Waals surface area contributed by atoms with E-state index < -0.39 is 17.7 Å². The Labute approximate surface area is 176 Å². The Morgan fingerprint density at radius 3 is 2.50 bits per heavy atom. The van der Waals surface area contributed by atoms with Crippen LogP contribution in [0.4, 0.5) is 0 Å². The Bertz CT molecular complexity index is 936. The molecule has 30 heavy (non-hydrogen) atoms. The van der Waals surface area contributed by atoms with E-state index in [1.807, 2.05) is 44.2 Å². The third kappa shape index (κ3) is 4.54. The number of ether oxygens (including phenoxy) is 2. The smallest absolute Gasteiger partial charge is 0.295 e. The standard InChI is InChI=1S/C24H27NO5/c1-16(2)30-14-8-13-25-21(17-9-5-4-6-10-17)20(23(27)24(25)28)22(26)18-11-7-12-19(15-18)29-3/h4-7,9-12,15-16,21,26H,8,13-14H2,1-3H3/b22-20-. The normalized spacial score (nSPS) is 18.3. The lowest BCUT2D eigenvalue weighted by Gasteiger charge is -2.25. The second-order valence-corrected chi connectivity index (χ2v) is 7.41. The summed E-state index contributed by atoms with van der Waals surface area (Å²) in [5.41, 5.74) is 1.28. The Morgan fingerprint density at radius 2 is 1.83 bits per heavy atom.